The van der Waals surface area contributed by atoms with Gasteiger partial charge in [-0.3, -0.25) is 0 Å². The van der Waals surface area contributed by atoms with Crippen molar-refractivity contribution in [2.45, 2.75) is 24.9 Å². The standard InChI is InChI=1S/C34H27ClO/c1-33(2)27-14-6-8-16-29(27)34(36,30-17-9-7-15-28(30)33)31-18-10-13-26(23-11-4-3-5-12-23)32(31)24-19-21-25(35)22-20-24/h3-22,36H,1-2H3. The van der Waals surface area contributed by atoms with E-state index < -0.39 is 5.60 Å². The SMILES string of the molecule is CC1(C)c2ccccc2C(O)(c2cccc(-c3ccccc3)c2-c2ccc(Cl)cc2)c2ccccc21. The molecule has 0 atom stereocenters. The third-order valence-corrected chi connectivity index (χ3v) is 7.90. The normalized spacial score (nSPS) is 15.1. The van der Waals surface area contributed by atoms with Gasteiger partial charge in [-0.2, -0.15) is 0 Å². The van der Waals surface area contributed by atoms with Crippen molar-refractivity contribution in [1.82, 2.24) is 0 Å². The molecule has 2 heteroatoms. The quantitative estimate of drug-likeness (QED) is 0.270. The molecule has 1 nitrogen and oxygen atoms in total. The van der Waals surface area contributed by atoms with E-state index in [0.717, 1.165) is 50.1 Å². The van der Waals surface area contributed by atoms with Crippen LogP contribution in [-0.2, 0) is 11.0 Å². The molecule has 0 saturated heterocycles. The highest BCUT2D eigenvalue weighted by molar-refractivity contribution is 6.30. The minimum atomic E-state index is -1.33. The number of halogens is 1. The predicted octanol–water partition coefficient (Wildman–Crippen LogP) is 8.60. The fourth-order valence-electron chi connectivity index (χ4n) is 5.91. The van der Waals surface area contributed by atoms with Gasteiger partial charge in [0.2, 0.25) is 0 Å². The predicted molar refractivity (Wildman–Crippen MR) is 149 cm³/mol. The molecule has 0 bridgehead atoms. The lowest BCUT2D eigenvalue weighted by Crippen LogP contribution is -2.41. The molecule has 5 aromatic carbocycles. The third-order valence-electron chi connectivity index (χ3n) is 7.65. The van der Waals surface area contributed by atoms with Gasteiger partial charge in [0.05, 0.1) is 0 Å². The van der Waals surface area contributed by atoms with Gasteiger partial charge in [0, 0.05) is 16.0 Å². The molecule has 1 N–H and O–H groups in total. The van der Waals surface area contributed by atoms with Crippen molar-refractivity contribution in [3.05, 3.63) is 154 Å². The van der Waals surface area contributed by atoms with E-state index in [1.54, 1.807) is 0 Å². The number of hydrogen-bond donors (Lipinski definition) is 1. The van der Waals surface area contributed by atoms with Gasteiger partial charge < -0.3 is 5.11 Å². The molecular formula is C34H27ClO. The van der Waals surface area contributed by atoms with Gasteiger partial charge in [-0.25, -0.2) is 0 Å². The van der Waals surface area contributed by atoms with Gasteiger partial charge in [0.15, 0.2) is 0 Å². The van der Waals surface area contributed by atoms with Crippen molar-refractivity contribution >= 4 is 11.6 Å². The highest BCUT2D eigenvalue weighted by Crippen LogP contribution is 2.54. The van der Waals surface area contributed by atoms with Crippen molar-refractivity contribution in [3.8, 4) is 22.3 Å². The van der Waals surface area contributed by atoms with Crippen LogP contribution in [0, 0.1) is 0 Å². The van der Waals surface area contributed by atoms with Gasteiger partial charge in [-0.05, 0) is 56.6 Å². The van der Waals surface area contributed by atoms with Crippen LogP contribution in [0.4, 0.5) is 0 Å². The fourth-order valence-corrected chi connectivity index (χ4v) is 6.03. The molecule has 0 aromatic heterocycles. The Morgan fingerprint density at radius 1 is 0.500 bits per heavy atom. The second-order valence-corrected chi connectivity index (χ2v) is 10.5. The largest absolute Gasteiger partial charge is 0.376 e. The van der Waals surface area contributed by atoms with Crippen LogP contribution in [0.1, 0.15) is 41.7 Å². The Balaban J connectivity index is 1.75. The molecule has 176 valence electrons. The number of benzene rings is 5. The smallest absolute Gasteiger partial charge is 0.141 e. The minimum Gasteiger partial charge on any atom is -0.376 e. The topological polar surface area (TPSA) is 20.2 Å². The first-order chi connectivity index (χ1) is 17.4. The first-order valence-corrected chi connectivity index (χ1v) is 12.7. The van der Waals surface area contributed by atoms with Gasteiger partial charge in [-0.15, -0.1) is 0 Å². The molecule has 0 radical (unpaired) electrons. The Morgan fingerprint density at radius 2 is 1.00 bits per heavy atom. The summed E-state index contributed by atoms with van der Waals surface area (Å²) >= 11 is 6.29. The second-order valence-electron chi connectivity index (χ2n) is 10.0. The van der Waals surface area contributed by atoms with Crippen molar-refractivity contribution in [1.29, 1.82) is 0 Å². The average molecular weight is 487 g/mol. The van der Waals surface area contributed by atoms with Gasteiger partial charge in [0.1, 0.15) is 5.60 Å². The van der Waals surface area contributed by atoms with E-state index in [2.05, 4.69) is 92.7 Å². The first kappa shape index (κ1) is 22.8. The van der Waals surface area contributed by atoms with Crippen molar-refractivity contribution in [2.75, 3.05) is 0 Å². The monoisotopic (exact) mass is 486 g/mol. The van der Waals surface area contributed by atoms with E-state index in [9.17, 15) is 5.11 Å². The Kier molecular flexibility index (Phi) is 5.37. The zero-order valence-electron chi connectivity index (χ0n) is 20.4. The lowest BCUT2D eigenvalue weighted by Gasteiger charge is -2.45. The fraction of sp³-hybridized carbons (Fsp3) is 0.118. The zero-order chi connectivity index (χ0) is 24.9. The Morgan fingerprint density at radius 3 is 1.58 bits per heavy atom. The number of hydrogen-bond acceptors (Lipinski definition) is 1. The molecule has 5 aromatic rings. The van der Waals surface area contributed by atoms with Crippen LogP contribution in [0.3, 0.4) is 0 Å². The Bertz CT molecular complexity index is 1520. The summed E-state index contributed by atoms with van der Waals surface area (Å²) in [6.07, 6.45) is 0. The maximum atomic E-state index is 13.0. The van der Waals surface area contributed by atoms with Crippen LogP contribution in [0.25, 0.3) is 22.3 Å². The van der Waals surface area contributed by atoms with Gasteiger partial charge in [-0.1, -0.05) is 135 Å². The maximum Gasteiger partial charge on any atom is 0.141 e. The highest BCUT2D eigenvalue weighted by atomic mass is 35.5. The molecule has 0 unspecified atom stereocenters. The molecule has 1 aliphatic carbocycles. The van der Waals surface area contributed by atoms with E-state index in [0.29, 0.717) is 5.02 Å². The number of fused-ring (bicyclic) bond motifs is 2. The molecule has 0 amide bonds. The number of rotatable bonds is 3. The van der Waals surface area contributed by atoms with E-state index in [1.807, 2.05) is 42.5 Å². The lowest BCUT2D eigenvalue weighted by molar-refractivity contribution is 0.117. The number of aliphatic hydroxyl groups is 1. The van der Waals surface area contributed by atoms with Gasteiger partial charge in [0.25, 0.3) is 0 Å². The summed E-state index contributed by atoms with van der Waals surface area (Å²) in [5, 5.41) is 13.7. The average Bonchev–Trinajstić information content (AvgIpc) is 2.93. The second kappa shape index (κ2) is 8.48. The zero-order valence-corrected chi connectivity index (χ0v) is 21.1. The molecule has 6 rings (SSSR count). The summed E-state index contributed by atoms with van der Waals surface area (Å²) in [5.41, 5.74) is 7.62. The van der Waals surface area contributed by atoms with Gasteiger partial charge >= 0.3 is 0 Å². The summed E-state index contributed by atoms with van der Waals surface area (Å²) < 4.78 is 0. The molecule has 0 aliphatic heterocycles. The molecule has 0 spiro atoms. The minimum absolute atomic E-state index is 0.239. The summed E-state index contributed by atoms with van der Waals surface area (Å²) in [6, 6.07) is 41.2. The van der Waals surface area contributed by atoms with Crippen LogP contribution < -0.4 is 0 Å². The van der Waals surface area contributed by atoms with Crippen LogP contribution >= 0.6 is 11.6 Å². The lowest BCUT2D eigenvalue weighted by atomic mass is 9.61. The summed E-state index contributed by atoms with van der Waals surface area (Å²) in [5.74, 6) is 0. The maximum absolute atomic E-state index is 13.0. The molecule has 1 aliphatic rings. The van der Waals surface area contributed by atoms with E-state index >= 15 is 0 Å². The molecule has 0 fully saturated rings. The molecule has 0 saturated carbocycles. The van der Waals surface area contributed by atoms with Crippen LogP contribution in [0.5, 0.6) is 0 Å². The summed E-state index contributed by atoms with van der Waals surface area (Å²) in [7, 11) is 0. The third kappa shape index (κ3) is 3.35. The van der Waals surface area contributed by atoms with E-state index in [1.165, 1.54) is 0 Å². The highest BCUT2D eigenvalue weighted by Gasteiger charge is 2.47. The van der Waals surface area contributed by atoms with Crippen LogP contribution in [0.15, 0.2) is 121 Å². The van der Waals surface area contributed by atoms with Crippen molar-refractivity contribution in [2.24, 2.45) is 0 Å². The molecular weight excluding hydrogens is 460 g/mol. The van der Waals surface area contributed by atoms with E-state index in [4.69, 9.17) is 11.6 Å². The molecule has 0 heterocycles. The summed E-state index contributed by atoms with van der Waals surface area (Å²) in [6.45, 7) is 4.48. The summed E-state index contributed by atoms with van der Waals surface area (Å²) in [4.78, 5) is 0. The van der Waals surface area contributed by atoms with Crippen LogP contribution in [0.2, 0.25) is 5.02 Å². The van der Waals surface area contributed by atoms with E-state index in [-0.39, 0.29) is 5.41 Å². The molecule has 36 heavy (non-hydrogen) atoms. The van der Waals surface area contributed by atoms with Crippen molar-refractivity contribution in [3.63, 3.8) is 0 Å². The Hall–Kier alpha value is -3.65. The Labute approximate surface area is 217 Å². The first-order valence-electron chi connectivity index (χ1n) is 12.3. The van der Waals surface area contributed by atoms with Crippen molar-refractivity contribution < 1.29 is 5.11 Å². The van der Waals surface area contributed by atoms with Crippen LogP contribution in [-0.4, -0.2) is 5.11 Å².